The number of amides is 3. The first kappa shape index (κ1) is 32.4. The van der Waals surface area contributed by atoms with Gasteiger partial charge in [-0.3, -0.25) is 19.4 Å². The molecule has 47 heavy (non-hydrogen) atoms. The van der Waals surface area contributed by atoms with Crippen LogP contribution in [0.3, 0.4) is 0 Å². The third-order valence-electron chi connectivity index (χ3n) is 6.95. The van der Waals surface area contributed by atoms with E-state index in [1.807, 2.05) is 36.4 Å². The second-order valence-electron chi connectivity index (χ2n) is 10.4. The molecule has 0 aliphatic carbocycles. The van der Waals surface area contributed by atoms with Crippen LogP contribution in [0.5, 0.6) is 0 Å². The van der Waals surface area contributed by atoms with Gasteiger partial charge in [0.05, 0.1) is 5.56 Å². The number of carbonyl (C=O) groups is 4. The van der Waals surface area contributed by atoms with Crippen molar-refractivity contribution in [3.8, 4) is 0 Å². The van der Waals surface area contributed by atoms with Crippen molar-refractivity contribution in [2.75, 3.05) is 10.6 Å². The Balaban J connectivity index is 1.38. The Bertz CT molecular complexity index is 1930. The maximum Gasteiger partial charge on any atom is 0.335 e. The molecule has 0 radical (unpaired) electrons. The first-order chi connectivity index (χ1) is 22.8. The Hall–Kier alpha value is -6.00. The Labute approximate surface area is 275 Å². The van der Waals surface area contributed by atoms with Gasteiger partial charge in [0.1, 0.15) is 10.9 Å². The lowest BCUT2D eigenvalue weighted by molar-refractivity contribution is -0.116. The van der Waals surface area contributed by atoms with Gasteiger partial charge in [-0.05, 0) is 78.2 Å². The molecule has 0 spiro atoms. The predicted octanol–water partition coefficient (Wildman–Crippen LogP) is 6.97. The first-order valence-corrected chi connectivity index (χ1v) is 15.4. The van der Waals surface area contributed by atoms with Gasteiger partial charge < -0.3 is 21.1 Å². The summed E-state index contributed by atoms with van der Waals surface area (Å²) in [7, 11) is 0. The minimum absolute atomic E-state index is 0.0189. The molecule has 5 aromatic rings. The summed E-state index contributed by atoms with van der Waals surface area (Å²) in [6.07, 6.45) is 4.73. The van der Waals surface area contributed by atoms with Crippen LogP contribution < -0.4 is 16.0 Å². The highest BCUT2D eigenvalue weighted by Crippen LogP contribution is 2.37. The van der Waals surface area contributed by atoms with Crippen LogP contribution in [0.15, 0.2) is 138 Å². The van der Waals surface area contributed by atoms with E-state index >= 15 is 0 Å². The van der Waals surface area contributed by atoms with Gasteiger partial charge in [0.25, 0.3) is 11.8 Å². The fourth-order valence-corrected chi connectivity index (χ4v) is 5.62. The van der Waals surface area contributed by atoms with Crippen LogP contribution in [0, 0.1) is 6.92 Å². The van der Waals surface area contributed by atoms with E-state index in [1.54, 1.807) is 92.1 Å². The topological polar surface area (TPSA) is 137 Å². The van der Waals surface area contributed by atoms with Crippen molar-refractivity contribution in [1.82, 2.24) is 10.3 Å². The summed E-state index contributed by atoms with van der Waals surface area (Å²) in [4.78, 5) is 56.5. The minimum Gasteiger partial charge on any atom is -0.478 e. The highest BCUT2D eigenvalue weighted by Gasteiger charge is 2.24. The molecule has 234 valence electrons. The number of aromatic nitrogens is 1. The zero-order valence-electron chi connectivity index (χ0n) is 25.2. The molecule has 0 bridgehead atoms. The number of nitrogens with zero attached hydrogens (tertiary/aromatic N) is 1. The number of aryl methyl sites for hydroxylation is 1. The van der Waals surface area contributed by atoms with Crippen LogP contribution >= 0.6 is 11.8 Å². The van der Waals surface area contributed by atoms with Crippen molar-refractivity contribution in [1.29, 1.82) is 0 Å². The molecule has 5 rings (SSSR count). The highest BCUT2D eigenvalue weighted by atomic mass is 32.2. The molecule has 1 heterocycles. The molecule has 0 saturated carbocycles. The molecule has 1 atom stereocenters. The fourth-order valence-electron chi connectivity index (χ4n) is 4.54. The van der Waals surface area contributed by atoms with E-state index in [9.17, 15) is 24.3 Å². The van der Waals surface area contributed by atoms with Crippen LogP contribution in [-0.4, -0.2) is 33.8 Å². The van der Waals surface area contributed by atoms with Gasteiger partial charge in [-0.1, -0.05) is 66.7 Å². The Morgan fingerprint density at radius 1 is 0.787 bits per heavy atom. The molecule has 1 aromatic heterocycles. The van der Waals surface area contributed by atoms with Gasteiger partial charge in [0, 0.05) is 34.2 Å². The predicted molar refractivity (Wildman–Crippen MR) is 183 cm³/mol. The number of rotatable bonds is 11. The number of carboxylic acid groups (broad SMARTS) is 1. The van der Waals surface area contributed by atoms with Crippen molar-refractivity contribution in [2.24, 2.45) is 0 Å². The van der Waals surface area contributed by atoms with Crippen molar-refractivity contribution >= 4 is 52.9 Å². The van der Waals surface area contributed by atoms with Crippen LogP contribution in [0.4, 0.5) is 11.4 Å². The monoisotopic (exact) mass is 642 g/mol. The van der Waals surface area contributed by atoms with Crippen LogP contribution in [0.25, 0.3) is 6.08 Å². The van der Waals surface area contributed by atoms with E-state index in [0.29, 0.717) is 27.4 Å². The molecule has 0 aliphatic heterocycles. The molecular formula is C37H30N4O5S. The molecule has 1 unspecified atom stereocenters. The van der Waals surface area contributed by atoms with Crippen molar-refractivity contribution in [3.63, 3.8) is 0 Å². The second-order valence-corrected chi connectivity index (χ2v) is 11.6. The van der Waals surface area contributed by atoms with Gasteiger partial charge in [-0.15, -0.1) is 11.8 Å². The van der Waals surface area contributed by atoms with Crippen molar-refractivity contribution in [2.45, 2.75) is 17.1 Å². The van der Waals surface area contributed by atoms with E-state index in [4.69, 9.17) is 0 Å². The van der Waals surface area contributed by atoms with E-state index in [0.717, 1.165) is 11.1 Å². The molecule has 0 fully saturated rings. The lowest BCUT2D eigenvalue weighted by Gasteiger charge is -2.19. The number of carbonyl (C=O) groups excluding carboxylic acids is 3. The minimum atomic E-state index is -1.09. The molecule has 10 heteroatoms. The number of hydrogen-bond donors (Lipinski definition) is 4. The van der Waals surface area contributed by atoms with E-state index in [1.165, 1.54) is 23.9 Å². The number of pyridine rings is 1. The standard InChI is InChI=1S/C37H30N4O5S/c1-24-17-18-28(37(45)46)21-31(24)40-36(44)33(26-11-4-2-5-12-26)47-30-16-8-15-29(22-30)39-35(43)32(20-25-10-9-19-38-23-25)41-34(42)27-13-6-3-7-14-27/h2-23,33H,1H3,(H,39,43)(H,40,44)(H,41,42)(H,45,46)/b32-20-. The van der Waals surface area contributed by atoms with E-state index in [-0.39, 0.29) is 17.2 Å². The summed E-state index contributed by atoms with van der Waals surface area (Å²) in [5.74, 6) is -2.43. The maximum absolute atomic E-state index is 13.7. The summed E-state index contributed by atoms with van der Waals surface area (Å²) in [5.41, 5.74) is 3.41. The van der Waals surface area contributed by atoms with Gasteiger partial charge in [-0.25, -0.2) is 4.79 Å². The quantitative estimate of drug-likeness (QED) is 0.0902. The number of hydrogen-bond acceptors (Lipinski definition) is 6. The molecule has 4 N–H and O–H groups in total. The van der Waals surface area contributed by atoms with Crippen LogP contribution in [-0.2, 0) is 9.59 Å². The van der Waals surface area contributed by atoms with E-state index < -0.39 is 23.0 Å². The lowest BCUT2D eigenvalue weighted by Crippen LogP contribution is -2.30. The SMILES string of the molecule is Cc1ccc(C(=O)O)cc1NC(=O)C(Sc1cccc(NC(=O)/C(=C/c2cccnc2)NC(=O)c2ccccc2)c1)c1ccccc1. The van der Waals surface area contributed by atoms with Gasteiger partial charge in [0.2, 0.25) is 5.91 Å². The summed E-state index contributed by atoms with van der Waals surface area (Å²) >= 11 is 1.27. The number of nitrogens with one attached hydrogen (secondary N) is 3. The average molecular weight is 643 g/mol. The third-order valence-corrected chi connectivity index (χ3v) is 8.20. The zero-order chi connectivity index (χ0) is 33.2. The van der Waals surface area contributed by atoms with Crippen LogP contribution in [0.2, 0.25) is 0 Å². The second kappa shape index (κ2) is 15.3. The van der Waals surface area contributed by atoms with Crippen LogP contribution in [0.1, 0.15) is 42.7 Å². The zero-order valence-corrected chi connectivity index (χ0v) is 26.0. The molecular weight excluding hydrogens is 612 g/mol. The molecule has 9 nitrogen and oxygen atoms in total. The number of aromatic carboxylic acids is 1. The summed E-state index contributed by atoms with van der Waals surface area (Å²) in [6, 6.07) is 32.9. The summed E-state index contributed by atoms with van der Waals surface area (Å²) < 4.78 is 0. The summed E-state index contributed by atoms with van der Waals surface area (Å²) in [6.45, 7) is 1.79. The lowest BCUT2D eigenvalue weighted by atomic mass is 10.1. The van der Waals surface area contributed by atoms with Crippen molar-refractivity contribution < 1.29 is 24.3 Å². The smallest absolute Gasteiger partial charge is 0.335 e. The third kappa shape index (κ3) is 8.80. The first-order valence-electron chi connectivity index (χ1n) is 14.5. The number of anilines is 2. The molecule has 4 aromatic carbocycles. The molecule has 0 aliphatic rings. The Kier molecular flexibility index (Phi) is 10.6. The van der Waals surface area contributed by atoms with Gasteiger partial charge in [0.15, 0.2) is 0 Å². The van der Waals surface area contributed by atoms with Crippen molar-refractivity contribution in [3.05, 3.63) is 161 Å². The van der Waals surface area contributed by atoms with Gasteiger partial charge in [-0.2, -0.15) is 0 Å². The Morgan fingerprint density at radius 2 is 1.53 bits per heavy atom. The van der Waals surface area contributed by atoms with E-state index in [2.05, 4.69) is 20.9 Å². The Morgan fingerprint density at radius 3 is 2.23 bits per heavy atom. The summed E-state index contributed by atoms with van der Waals surface area (Å²) in [5, 5.41) is 17.2. The number of carboxylic acids is 1. The fraction of sp³-hybridized carbons (Fsp3) is 0.0541. The highest BCUT2D eigenvalue weighted by molar-refractivity contribution is 8.00. The average Bonchev–Trinajstić information content (AvgIpc) is 3.09. The van der Waals surface area contributed by atoms with Gasteiger partial charge >= 0.3 is 5.97 Å². The molecule has 0 saturated heterocycles. The number of benzene rings is 4. The molecule has 3 amide bonds. The maximum atomic E-state index is 13.7. The number of thioether (sulfide) groups is 1. The largest absolute Gasteiger partial charge is 0.478 e. The normalized spacial score (nSPS) is 11.6.